The molecule has 0 amide bonds. The molecule has 5 heteroatoms. The molecule has 0 aliphatic heterocycles. The van der Waals surface area contributed by atoms with Gasteiger partial charge in [0, 0.05) is 17.8 Å². The van der Waals surface area contributed by atoms with Crippen LogP contribution in [0.3, 0.4) is 0 Å². The highest BCUT2D eigenvalue weighted by atomic mass is 35.5. The first-order valence-electron chi connectivity index (χ1n) is 6.28. The Morgan fingerprint density at radius 1 is 1.15 bits per heavy atom. The Bertz CT molecular complexity index is 722. The van der Waals surface area contributed by atoms with Crippen molar-refractivity contribution in [2.24, 2.45) is 0 Å². The van der Waals surface area contributed by atoms with E-state index in [1.807, 2.05) is 36.4 Å². The summed E-state index contributed by atoms with van der Waals surface area (Å²) in [5.41, 5.74) is 3.17. The van der Waals surface area contributed by atoms with Gasteiger partial charge in [0.1, 0.15) is 5.52 Å². The first-order chi connectivity index (χ1) is 9.78. The van der Waals surface area contributed by atoms with Gasteiger partial charge in [0.05, 0.1) is 11.6 Å². The minimum absolute atomic E-state index is 0.103. The molecule has 2 N–H and O–H groups in total. The second kappa shape index (κ2) is 5.53. The number of hydrogen-bond acceptors (Lipinski definition) is 4. The van der Waals surface area contributed by atoms with Gasteiger partial charge in [0.15, 0.2) is 5.58 Å². The number of aliphatic hydroxyl groups excluding tert-OH is 1. The second-order valence-electron chi connectivity index (χ2n) is 4.33. The molecule has 0 unspecified atom stereocenters. The highest BCUT2D eigenvalue weighted by Crippen LogP contribution is 2.29. The Morgan fingerprint density at radius 3 is 2.65 bits per heavy atom. The van der Waals surface area contributed by atoms with Crippen molar-refractivity contribution in [1.29, 1.82) is 0 Å². The summed E-state index contributed by atoms with van der Waals surface area (Å²) < 4.78 is 5.70. The molecule has 20 heavy (non-hydrogen) atoms. The van der Waals surface area contributed by atoms with E-state index in [1.54, 1.807) is 6.07 Å². The molecule has 0 radical (unpaired) electrons. The topological polar surface area (TPSA) is 58.3 Å². The summed E-state index contributed by atoms with van der Waals surface area (Å²) >= 11 is 6.07. The number of oxazole rings is 1. The molecule has 0 saturated heterocycles. The van der Waals surface area contributed by atoms with Crippen molar-refractivity contribution in [3.05, 3.63) is 47.5 Å². The van der Waals surface area contributed by atoms with Crippen LogP contribution in [0.1, 0.15) is 0 Å². The van der Waals surface area contributed by atoms with E-state index in [0.29, 0.717) is 23.0 Å². The molecule has 0 aliphatic carbocycles. The number of hydrogen-bond donors (Lipinski definition) is 2. The molecule has 102 valence electrons. The van der Waals surface area contributed by atoms with Crippen LogP contribution in [0, 0.1) is 0 Å². The molecule has 1 heterocycles. The maximum atomic E-state index is 8.77. The monoisotopic (exact) mass is 288 g/mol. The van der Waals surface area contributed by atoms with Gasteiger partial charge in [0.25, 0.3) is 0 Å². The van der Waals surface area contributed by atoms with Crippen LogP contribution < -0.4 is 5.32 Å². The maximum Gasteiger partial charge on any atom is 0.227 e. The third-order valence-electron chi connectivity index (χ3n) is 2.94. The predicted molar refractivity (Wildman–Crippen MR) is 80.0 cm³/mol. The number of aliphatic hydroxyl groups is 1. The van der Waals surface area contributed by atoms with E-state index in [9.17, 15) is 0 Å². The number of benzene rings is 2. The molecule has 0 bridgehead atoms. The Morgan fingerprint density at radius 2 is 1.95 bits per heavy atom. The number of anilines is 1. The molecule has 3 rings (SSSR count). The molecule has 0 aliphatic rings. The summed E-state index contributed by atoms with van der Waals surface area (Å²) in [7, 11) is 0. The molecule has 1 aromatic heterocycles. The Labute approximate surface area is 121 Å². The van der Waals surface area contributed by atoms with Gasteiger partial charge in [-0.2, -0.15) is 0 Å². The smallest absolute Gasteiger partial charge is 0.227 e. The Balaban J connectivity index is 1.92. The highest BCUT2D eigenvalue weighted by Gasteiger charge is 2.10. The minimum Gasteiger partial charge on any atom is -0.435 e. The molecule has 0 atom stereocenters. The number of fused-ring (bicyclic) bond motifs is 1. The zero-order valence-corrected chi connectivity index (χ0v) is 11.4. The molecular weight excluding hydrogens is 276 g/mol. The van der Waals surface area contributed by atoms with Gasteiger partial charge < -0.3 is 14.8 Å². The number of halogens is 1. The van der Waals surface area contributed by atoms with Gasteiger partial charge in [-0.25, -0.2) is 4.98 Å². The minimum atomic E-state index is 0.103. The number of rotatable bonds is 4. The van der Waals surface area contributed by atoms with Crippen LogP contribution in [0.4, 0.5) is 5.69 Å². The van der Waals surface area contributed by atoms with Gasteiger partial charge in [0.2, 0.25) is 5.89 Å². The van der Waals surface area contributed by atoms with Crippen molar-refractivity contribution in [3.63, 3.8) is 0 Å². The summed E-state index contributed by atoms with van der Waals surface area (Å²) in [6, 6.07) is 13.2. The van der Waals surface area contributed by atoms with Gasteiger partial charge in [-0.05, 0) is 36.4 Å². The van der Waals surface area contributed by atoms with E-state index in [1.165, 1.54) is 0 Å². The van der Waals surface area contributed by atoms with E-state index in [4.69, 9.17) is 21.1 Å². The third-order valence-corrected chi connectivity index (χ3v) is 3.24. The van der Waals surface area contributed by atoms with Crippen LogP contribution in [-0.2, 0) is 0 Å². The van der Waals surface area contributed by atoms with Gasteiger partial charge in [-0.3, -0.25) is 0 Å². The van der Waals surface area contributed by atoms with Crippen molar-refractivity contribution in [2.75, 3.05) is 18.5 Å². The van der Waals surface area contributed by atoms with Gasteiger partial charge in [-0.1, -0.05) is 17.7 Å². The lowest BCUT2D eigenvalue weighted by Gasteiger charge is -2.04. The lowest BCUT2D eigenvalue weighted by molar-refractivity contribution is 0.311. The number of nitrogens with one attached hydrogen (secondary N) is 1. The number of para-hydroxylation sites is 1. The van der Waals surface area contributed by atoms with Crippen molar-refractivity contribution < 1.29 is 9.52 Å². The molecule has 3 aromatic rings. The lowest BCUT2D eigenvalue weighted by atomic mass is 10.2. The predicted octanol–water partition coefficient (Wildman–Crippen LogP) is 3.55. The molecule has 2 aromatic carbocycles. The summed E-state index contributed by atoms with van der Waals surface area (Å²) in [6.07, 6.45) is 0. The van der Waals surface area contributed by atoms with Crippen molar-refractivity contribution in [3.8, 4) is 11.5 Å². The molecular formula is C15H13ClN2O2. The normalized spacial score (nSPS) is 10.9. The summed E-state index contributed by atoms with van der Waals surface area (Å²) in [6.45, 7) is 0.628. The standard InChI is InChI=1S/C15H13ClN2O2/c16-12-2-1-3-13-14(12)20-15(18-13)10-4-6-11(7-5-10)17-8-9-19/h1-7,17,19H,8-9H2. The van der Waals surface area contributed by atoms with Crippen LogP contribution in [-0.4, -0.2) is 23.2 Å². The van der Waals surface area contributed by atoms with Crippen LogP contribution >= 0.6 is 11.6 Å². The van der Waals surface area contributed by atoms with Crippen LogP contribution in [0.25, 0.3) is 22.6 Å². The van der Waals surface area contributed by atoms with E-state index >= 15 is 0 Å². The summed E-state index contributed by atoms with van der Waals surface area (Å²) in [5.74, 6) is 0.543. The van der Waals surface area contributed by atoms with E-state index in [2.05, 4.69) is 10.3 Å². The zero-order chi connectivity index (χ0) is 13.9. The Kier molecular flexibility index (Phi) is 3.58. The zero-order valence-electron chi connectivity index (χ0n) is 10.6. The van der Waals surface area contributed by atoms with E-state index < -0.39 is 0 Å². The molecule has 0 fully saturated rings. The molecule has 0 spiro atoms. The SMILES string of the molecule is OCCNc1ccc(-c2nc3cccc(Cl)c3o2)cc1. The quantitative estimate of drug-likeness (QED) is 0.771. The van der Waals surface area contributed by atoms with Crippen LogP contribution in [0.2, 0.25) is 5.02 Å². The summed E-state index contributed by atoms with van der Waals surface area (Å²) in [5, 5.41) is 12.4. The number of aromatic nitrogens is 1. The largest absolute Gasteiger partial charge is 0.435 e. The van der Waals surface area contributed by atoms with Crippen molar-refractivity contribution >= 4 is 28.4 Å². The first kappa shape index (κ1) is 13.0. The average molecular weight is 289 g/mol. The average Bonchev–Trinajstić information content (AvgIpc) is 2.91. The fourth-order valence-electron chi connectivity index (χ4n) is 1.97. The maximum absolute atomic E-state index is 8.77. The van der Waals surface area contributed by atoms with Crippen LogP contribution in [0.5, 0.6) is 0 Å². The number of nitrogens with zero attached hydrogens (tertiary/aromatic N) is 1. The van der Waals surface area contributed by atoms with E-state index in [0.717, 1.165) is 16.8 Å². The summed E-state index contributed by atoms with van der Waals surface area (Å²) in [4.78, 5) is 4.42. The lowest BCUT2D eigenvalue weighted by Crippen LogP contribution is -2.04. The Hall–Kier alpha value is -2.04. The van der Waals surface area contributed by atoms with E-state index in [-0.39, 0.29) is 6.61 Å². The highest BCUT2D eigenvalue weighted by molar-refractivity contribution is 6.34. The van der Waals surface area contributed by atoms with Crippen molar-refractivity contribution in [2.45, 2.75) is 0 Å². The van der Waals surface area contributed by atoms with Crippen molar-refractivity contribution in [1.82, 2.24) is 4.98 Å². The third kappa shape index (κ3) is 2.48. The van der Waals surface area contributed by atoms with Crippen LogP contribution in [0.15, 0.2) is 46.9 Å². The second-order valence-corrected chi connectivity index (χ2v) is 4.74. The molecule has 4 nitrogen and oxygen atoms in total. The fourth-order valence-corrected chi connectivity index (χ4v) is 2.18. The fraction of sp³-hybridized carbons (Fsp3) is 0.133. The van der Waals surface area contributed by atoms with Gasteiger partial charge in [-0.15, -0.1) is 0 Å². The molecule has 0 saturated carbocycles. The van der Waals surface area contributed by atoms with Gasteiger partial charge >= 0.3 is 0 Å². The first-order valence-corrected chi connectivity index (χ1v) is 6.66.